The molecule has 1 heterocycles. The van der Waals surface area contributed by atoms with Crippen LogP contribution in [0.2, 0.25) is 0 Å². The molecule has 0 radical (unpaired) electrons. The standard InChI is InChI=1S/C17H33NO2/c1-5-17(6-2)10-13-18(14-11-17)12-8-7-9-16(3,4)15(19)20/h5-14H2,1-4H3,(H,19,20). The molecule has 1 saturated heterocycles. The van der Waals surface area contributed by atoms with Gasteiger partial charge in [0.15, 0.2) is 0 Å². The Balaban J connectivity index is 2.21. The van der Waals surface area contributed by atoms with Crippen LogP contribution < -0.4 is 0 Å². The fraction of sp³-hybridized carbons (Fsp3) is 0.941. The fourth-order valence-electron chi connectivity index (χ4n) is 3.22. The number of hydrogen-bond acceptors (Lipinski definition) is 2. The molecule has 1 N–H and O–H groups in total. The molecule has 0 bridgehead atoms. The van der Waals surface area contributed by atoms with E-state index in [0.29, 0.717) is 5.41 Å². The zero-order valence-electron chi connectivity index (χ0n) is 13.9. The average Bonchev–Trinajstić information content (AvgIpc) is 2.44. The first-order chi connectivity index (χ1) is 9.35. The van der Waals surface area contributed by atoms with Gasteiger partial charge in [-0.1, -0.05) is 33.1 Å². The van der Waals surface area contributed by atoms with Gasteiger partial charge in [-0.25, -0.2) is 0 Å². The molecule has 0 spiro atoms. The summed E-state index contributed by atoms with van der Waals surface area (Å²) in [5.74, 6) is -0.675. The van der Waals surface area contributed by atoms with Gasteiger partial charge in [-0.2, -0.15) is 0 Å². The monoisotopic (exact) mass is 283 g/mol. The Labute approximate surface area is 124 Å². The van der Waals surface area contributed by atoms with Gasteiger partial charge in [-0.15, -0.1) is 0 Å². The first-order valence-electron chi connectivity index (χ1n) is 8.31. The summed E-state index contributed by atoms with van der Waals surface area (Å²) >= 11 is 0. The van der Waals surface area contributed by atoms with Gasteiger partial charge in [0.25, 0.3) is 0 Å². The Bertz CT molecular complexity index is 298. The molecule has 0 aromatic carbocycles. The van der Waals surface area contributed by atoms with E-state index in [4.69, 9.17) is 5.11 Å². The van der Waals surface area contributed by atoms with Gasteiger partial charge >= 0.3 is 5.97 Å². The first kappa shape index (κ1) is 17.5. The molecule has 0 saturated carbocycles. The van der Waals surface area contributed by atoms with E-state index in [9.17, 15) is 4.79 Å². The lowest BCUT2D eigenvalue weighted by Crippen LogP contribution is -2.40. The van der Waals surface area contributed by atoms with Gasteiger partial charge < -0.3 is 10.0 Å². The van der Waals surface area contributed by atoms with Crippen molar-refractivity contribution >= 4 is 5.97 Å². The third-order valence-electron chi connectivity index (χ3n) is 5.52. The highest BCUT2D eigenvalue weighted by Crippen LogP contribution is 2.37. The number of hydrogen-bond donors (Lipinski definition) is 1. The second-order valence-corrected chi connectivity index (χ2v) is 7.19. The third-order valence-corrected chi connectivity index (χ3v) is 5.52. The summed E-state index contributed by atoms with van der Waals surface area (Å²) in [5, 5.41) is 9.09. The molecule has 20 heavy (non-hydrogen) atoms. The van der Waals surface area contributed by atoms with Crippen molar-refractivity contribution in [3.63, 3.8) is 0 Å². The van der Waals surface area contributed by atoms with Gasteiger partial charge in [0, 0.05) is 0 Å². The van der Waals surface area contributed by atoms with Crippen molar-refractivity contribution in [3.05, 3.63) is 0 Å². The number of carbonyl (C=O) groups is 1. The molecular formula is C17H33NO2. The quantitative estimate of drug-likeness (QED) is 0.680. The zero-order valence-corrected chi connectivity index (χ0v) is 13.9. The maximum Gasteiger partial charge on any atom is 0.309 e. The van der Waals surface area contributed by atoms with E-state index in [1.165, 1.54) is 38.8 Å². The molecule has 3 nitrogen and oxygen atoms in total. The van der Waals surface area contributed by atoms with Gasteiger partial charge in [-0.3, -0.25) is 4.79 Å². The number of carboxylic acid groups (broad SMARTS) is 1. The number of likely N-dealkylation sites (tertiary alicyclic amines) is 1. The van der Waals surface area contributed by atoms with Crippen LogP contribution in [0.3, 0.4) is 0 Å². The van der Waals surface area contributed by atoms with Crippen LogP contribution in [0.4, 0.5) is 0 Å². The molecule has 3 heteroatoms. The predicted octanol–water partition coefficient (Wildman–Crippen LogP) is 4.17. The van der Waals surface area contributed by atoms with E-state index in [1.54, 1.807) is 0 Å². The minimum Gasteiger partial charge on any atom is -0.481 e. The summed E-state index contributed by atoms with van der Waals surface area (Å²) < 4.78 is 0. The molecule has 1 rings (SSSR count). The molecule has 0 atom stereocenters. The van der Waals surface area contributed by atoms with Crippen LogP contribution in [0.25, 0.3) is 0 Å². The Morgan fingerprint density at radius 3 is 2.15 bits per heavy atom. The van der Waals surface area contributed by atoms with Crippen molar-refractivity contribution in [2.75, 3.05) is 19.6 Å². The van der Waals surface area contributed by atoms with Crippen molar-refractivity contribution in [2.45, 2.75) is 72.6 Å². The normalized spacial score (nSPS) is 20.0. The summed E-state index contributed by atoms with van der Waals surface area (Å²) in [5.41, 5.74) is 0.0310. The number of piperidine rings is 1. The molecule has 0 amide bonds. The van der Waals surface area contributed by atoms with Crippen molar-refractivity contribution in [1.29, 1.82) is 0 Å². The summed E-state index contributed by atoms with van der Waals surface area (Å²) in [6.07, 6.45) is 8.21. The van der Waals surface area contributed by atoms with Crippen LogP contribution in [0.15, 0.2) is 0 Å². The lowest BCUT2D eigenvalue weighted by molar-refractivity contribution is -0.147. The molecule has 0 aliphatic carbocycles. The van der Waals surface area contributed by atoms with Crippen LogP contribution in [0, 0.1) is 10.8 Å². The molecular weight excluding hydrogens is 250 g/mol. The summed E-state index contributed by atoms with van der Waals surface area (Å²) in [4.78, 5) is 13.6. The molecule has 1 aliphatic heterocycles. The minimum absolute atomic E-state index is 0.568. The van der Waals surface area contributed by atoms with Crippen molar-refractivity contribution in [1.82, 2.24) is 4.90 Å². The second-order valence-electron chi connectivity index (χ2n) is 7.19. The van der Waals surface area contributed by atoms with E-state index in [2.05, 4.69) is 18.7 Å². The van der Waals surface area contributed by atoms with Crippen molar-refractivity contribution < 1.29 is 9.90 Å². The highest BCUT2D eigenvalue weighted by Gasteiger charge is 2.31. The molecule has 1 aliphatic rings. The van der Waals surface area contributed by atoms with Crippen LogP contribution in [0.1, 0.15) is 72.6 Å². The molecule has 0 unspecified atom stereocenters. The van der Waals surface area contributed by atoms with E-state index in [0.717, 1.165) is 25.8 Å². The maximum atomic E-state index is 11.0. The van der Waals surface area contributed by atoms with Gasteiger partial charge in [-0.05, 0) is 64.6 Å². The maximum absolute atomic E-state index is 11.0. The van der Waals surface area contributed by atoms with Crippen molar-refractivity contribution in [3.8, 4) is 0 Å². The van der Waals surface area contributed by atoms with Crippen LogP contribution in [-0.4, -0.2) is 35.6 Å². The number of unbranched alkanes of at least 4 members (excludes halogenated alkanes) is 1. The smallest absolute Gasteiger partial charge is 0.309 e. The highest BCUT2D eigenvalue weighted by atomic mass is 16.4. The first-order valence-corrected chi connectivity index (χ1v) is 8.31. The average molecular weight is 283 g/mol. The lowest BCUT2D eigenvalue weighted by atomic mass is 9.74. The number of aliphatic carboxylic acids is 1. The number of nitrogens with zero attached hydrogens (tertiary/aromatic N) is 1. The largest absolute Gasteiger partial charge is 0.481 e. The van der Waals surface area contributed by atoms with E-state index in [1.807, 2.05) is 13.8 Å². The summed E-state index contributed by atoms with van der Waals surface area (Å²) in [7, 11) is 0. The van der Waals surface area contributed by atoms with Gasteiger partial charge in [0.1, 0.15) is 0 Å². The van der Waals surface area contributed by atoms with E-state index < -0.39 is 11.4 Å². The summed E-state index contributed by atoms with van der Waals surface area (Å²) in [6.45, 7) is 11.9. The van der Waals surface area contributed by atoms with Crippen LogP contribution in [-0.2, 0) is 4.79 Å². The topological polar surface area (TPSA) is 40.5 Å². The lowest BCUT2D eigenvalue weighted by Gasteiger charge is -2.41. The summed E-state index contributed by atoms with van der Waals surface area (Å²) in [6, 6.07) is 0. The fourth-order valence-corrected chi connectivity index (χ4v) is 3.22. The Morgan fingerprint density at radius 1 is 1.15 bits per heavy atom. The Kier molecular flexibility index (Phi) is 6.50. The highest BCUT2D eigenvalue weighted by molar-refractivity contribution is 5.73. The van der Waals surface area contributed by atoms with E-state index in [-0.39, 0.29) is 0 Å². The molecule has 0 aromatic rings. The van der Waals surface area contributed by atoms with Crippen molar-refractivity contribution in [2.24, 2.45) is 10.8 Å². The predicted molar refractivity (Wildman–Crippen MR) is 84.0 cm³/mol. The second kappa shape index (κ2) is 7.44. The van der Waals surface area contributed by atoms with Gasteiger partial charge in [0.05, 0.1) is 5.41 Å². The molecule has 118 valence electrons. The number of carboxylic acids is 1. The molecule has 0 aromatic heterocycles. The van der Waals surface area contributed by atoms with Crippen LogP contribution in [0.5, 0.6) is 0 Å². The Hall–Kier alpha value is -0.570. The minimum atomic E-state index is -0.675. The SMILES string of the molecule is CCC1(CC)CCN(CCCCC(C)(C)C(=O)O)CC1. The zero-order chi connectivity index (χ0) is 15.2. The van der Waals surface area contributed by atoms with Crippen LogP contribution >= 0.6 is 0 Å². The Morgan fingerprint density at radius 2 is 1.70 bits per heavy atom. The van der Waals surface area contributed by atoms with Gasteiger partial charge in [0.2, 0.25) is 0 Å². The molecule has 1 fully saturated rings. The third kappa shape index (κ3) is 4.76. The number of rotatable bonds is 8. The van der Waals surface area contributed by atoms with E-state index >= 15 is 0 Å².